The van der Waals surface area contributed by atoms with Gasteiger partial charge in [-0.15, -0.1) is 0 Å². The summed E-state index contributed by atoms with van der Waals surface area (Å²) < 4.78 is 2.17. The fourth-order valence-corrected chi connectivity index (χ4v) is 2.66. The second kappa shape index (κ2) is 3.21. The van der Waals surface area contributed by atoms with Crippen LogP contribution in [0.1, 0.15) is 0 Å². The number of halogens is 3. The highest BCUT2D eigenvalue weighted by atomic mass is 127. The molecule has 0 unspecified atom stereocenters. The quantitative estimate of drug-likeness (QED) is 0.640. The second-order valence-electron chi connectivity index (χ2n) is 1.59. The predicted octanol–water partition coefficient (Wildman–Crippen LogP) is 3.71. The zero-order valence-corrected chi connectivity index (χ0v) is 8.87. The van der Waals surface area contributed by atoms with Crippen LogP contribution in [0.4, 0.5) is 0 Å². The Morgan fingerprint density at radius 1 is 1.33 bits per heavy atom. The second-order valence-corrected chi connectivity index (χ2v) is 4.19. The maximum absolute atomic E-state index is 5.72. The molecule has 0 fully saturated rings. The Hall–Kier alpha value is 0.720. The average Bonchev–Trinajstić information content (AvgIpc) is 1.59. The summed E-state index contributed by atoms with van der Waals surface area (Å²) in [5.74, 6) is 0. The lowest BCUT2D eigenvalue weighted by Crippen LogP contribution is -1.70. The molecule has 0 amide bonds. The molecule has 0 spiro atoms. The van der Waals surface area contributed by atoms with E-state index in [9.17, 15) is 0 Å². The molecule has 0 aromatic heterocycles. The van der Waals surface area contributed by atoms with Gasteiger partial charge >= 0.3 is 0 Å². The number of hydrogen-bond donors (Lipinski definition) is 0. The molecule has 0 saturated heterocycles. The molecule has 0 aliphatic heterocycles. The van der Waals surface area contributed by atoms with Crippen LogP contribution in [-0.4, -0.2) is 0 Å². The first kappa shape index (κ1) is 7.82. The van der Waals surface area contributed by atoms with Crippen molar-refractivity contribution in [3.8, 4) is 0 Å². The monoisotopic (exact) mass is 316 g/mol. The van der Waals surface area contributed by atoms with Gasteiger partial charge in [0.1, 0.15) is 0 Å². The molecule has 0 radical (unpaired) electrons. The number of hydrogen-bond acceptors (Lipinski definition) is 0. The zero-order chi connectivity index (χ0) is 6.85. The zero-order valence-electron chi connectivity index (χ0n) is 4.37. The van der Waals surface area contributed by atoms with E-state index in [1.807, 2.05) is 18.2 Å². The summed E-state index contributed by atoms with van der Waals surface area (Å²) in [6.07, 6.45) is 0. The van der Waals surface area contributed by atoms with Crippen LogP contribution in [0.5, 0.6) is 0 Å². The van der Waals surface area contributed by atoms with Gasteiger partial charge in [0.2, 0.25) is 0 Å². The van der Waals surface area contributed by atoms with E-state index in [2.05, 4.69) is 38.5 Å². The van der Waals surface area contributed by atoms with Crippen molar-refractivity contribution in [1.82, 2.24) is 0 Å². The Bertz CT molecular complexity index is 174. The van der Waals surface area contributed by atoms with E-state index in [1.165, 1.54) is 0 Å². The molecular formula is C6H3BrClI. The summed E-state index contributed by atoms with van der Waals surface area (Å²) in [6.45, 7) is 0. The van der Waals surface area contributed by atoms with Crippen LogP contribution in [0.25, 0.3) is 0 Å². The lowest BCUT2D eigenvalue weighted by Gasteiger charge is -1.92. The Morgan fingerprint density at radius 2 is 2.00 bits per heavy atom. The molecule has 0 aliphatic carbocycles. The highest BCUT2D eigenvalue weighted by Crippen LogP contribution is 2.20. The van der Waals surface area contributed by atoms with Gasteiger partial charge in [0.05, 0.1) is 0 Å². The smallest absolute Gasteiger partial charge is 0.0427 e. The highest BCUT2D eigenvalue weighted by Gasteiger charge is 1.91. The van der Waals surface area contributed by atoms with Crippen LogP contribution in [0.15, 0.2) is 22.7 Å². The van der Waals surface area contributed by atoms with Gasteiger partial charge in [0, 0.05) is 13.1 Å². The molecule has 3 heteroatoms. The van der Waals surface area contributed by atoms with Gasteiger partial charge in [0.25, 0.3) is 0 Å². The average molecular weight is 317 g/mol. The van der Waals surface area contributed by atoms with Gasteiger partial charge < -0.3 is 0 Å². The Morgan fingerprint density at radius 3 is 2.44 bits per heavy atom. The minimum Gasteiger partial charge on any atom is -0.0843 e. The molecule has 0 saturated carbocycles. The number of benzene rings is 1. The lowest BCUT2D eigenvalue weighted by atomic mass is 10.4. The maximum atomic E-state index is 5.72. The summed E-state index contributed by atoms with van der Waals surface area (Å²) in [6, 6.07) is 5.78. The van der Waals surface area contributed by atoms with Crippen LogP contribution in [0.3, 0.4) is 0 Å². The standard InChI is InChI=1S/C6H3BrClI/c7-4-1-5(8)3-6(9)2-4/h1-3H. The van der Waals surface area contributed by atoms with Crippen molar-refractivity contribution < 1.29 is 0 Å². The van der Waals surface area contributed by atoms with E-state index >= 15 is 0 Å². The van der Waals surface area contributed by atoms with E-state index in [4.69, 9.17) is 11.6 Å². The van der Waals surface area contributed by atoms with E-state index in [0.29, 0.717) is 0 Å². The minimum absolute atomic E-state index is 0.772. The van der Waals surface area contributed by atoms with E-state index in [0.717, 1.165) is 13.1 Å². The van der Waals surface area contributed by atoms with Crippen molar-refractivity contribution in [3.63, 3.8) is 0 Å². The maximum Gasteiger partial charge on any atom is 0.0427 e. The highest BCUT2D eigenvalue weighted by molar-refractivity contribution is 14.1. The summed E-state index contributed by atoms with van der Waals surface area (Å²) in [4.78, 5) is 0. The molecule has 1 rings (SSSR count). The molecule has 0 atom stereocenters. The third-order valence-electron chi connectivity index (χ3n) is 0.827. The Kier molecular flexibility index (Phi) is 2.79. The third kappa shape index (κ3) is 2.43. The summed E-state index contributed by atoms with van der Waals surface area (Å²) in [7, 11) is 0. The number of rotatable bonds is 0. The van der Waals surface area contributed by atoms with Crippen LogP contribution in [-0.2, 0) is 0 Å². The van der Waals surface area contributed by atoms with Crippen LogP contribution >= 0.6 is 50.1 Å². The third-order valence-corrected chi connectivity index (χ3v) is 2.13. The molecule has 48 valence electrons. The lowest BCUT2D eigenvalue weighted by molar-refractivity contribution is 1.60. The molecule has 0 heterocycles. The van der Waals surface area contributed by atoms with Gasteiger partial charge in [-0.1, -0.05) is 27.5 Å². The van der Waals surface area contributed by atoms with Crippen molar-refractivity contribution in [3.05, 3.63) is 31.3 Å². The largest absolute Gasteiger partial charge is 0.0843 e. The molecule has 0 N–H and O–H groups in total. The Balaban J connectivity index is 3.17. The van der Waals surface area contributed by atoms with Gasteiger partial charge in [-0.3, -0.25) is 0 Å². The van der Waals surface area contributed by atoms with Crippen molar-refractivity contribution in [2.24, 2.45) is 0 Å². The van der Waals surface area contributed by atoms with Crippen LogP contribution < -0.4 is 0 Å². The van der Waals surface area contributed by atoms with E-state index in [1.54, 1.807) is 0 Å². The fourth-order valence-electron chi connectivity index (χ4n) is 0.520. The molecule has 0 nitrogen and oxygen atoms in total. The predicted molar refractivity (Wildman–Crippen MR) is 51.9 cm³/mol. The van der Waals surface area contributed by atoms with Crippen LogP contribution in [0, 0.1) is 3.57 Å². The summed E-state index contributed by atoms with van der Waals surface area (Å²) in [5.41, 5.74) is 0. The first-order chi connectivity index (χ1) is 4.18. The molecule has 1 aromatic carbocycles. The molecular weight excluding hydrogens is 314 g/mol. The molecule has 9 heavy (non-hydrogen) atoms. The molecule has 0 bridgehead atoms. The normalized spacial score (nSPS) is 9.67. The fraction of sp³-hybridized carbons (Fsp3) is 0. The van der Waals surface area contributed by atoms with Crippen molar-refractivity contribution in [2.75, 3.05) is 0 Å². The summed E-state index contributed by atoms with van der Waals surface area (Å²) >= 11 is 11.3. The van der Waals surface area contributed by atoms with E-state index in [-0.39, 0.29) is 0 Å². The molecule has 0 aliphatic rings. The first-order valence-electron chi connectivity index (χ1n) is 2.30. The van der Waals surface area contributed by atoms with Gasteiger partial charge in [-0.05, 0) is 40.8 Å². The molecule has 1 aromatic rings. The first-order valence-corrected chi connectivity index (χ1v) is 4.55. The summed E-state index contributed by atoms with van der Waals surface area (Å²) in [5, 5.41) is 0.772. The van der Waals surface area contributed by atoms with Gasteiger partial charge in [-0.2, -0.15) is 0 Å². The minimum atomic E-state index is 0.772. The van der Waals surface area contributed by atoms with Crippen molar-refractivity contribution in [1.29, 1.82) is 0 Å². The topological polar surface area (TPSA) is 0 Å². The van der Waals surface area contributed by atoms with E-state index < -0.39 is 0 Å². The van der Waals surface area contributed by atoms with Gasteiger partial charge in [-0.25, -0.2) is 0 Å². The Labute approximate surface area is 80.9 Å². The SMILES string of the molecule is Clc1cc(Br)cc(I)c1. The van der Waals surface area contributed by atoms with Crippen molar-refractivity contribution in [2.45, 2.75) is 0 Å². The van der Waals surface area contributed by atoms with Crippen LogP contribution in [0.2, 0.25) is 5.02 Å². The van der Waals surface area contributed by atoms with Gasteiger partial charge in [0.15, 0.2) is 0 Å². The van der Waals surface area contributed by atoms with Crippen molar-refractivity contribution >= 4 is 50.1 Å².